The van der Waals surface area contributed by atoms with E-state index in [4.69, 9.17) is 9.47 Å². The number of ether oxygens (including phenoxy) is 2. The van der Waals surface area contributed by atoms with E-state index in [9.17, 15) is 14.7 Å². The average molecular weight is 667 g/mol. The molecule has 0 amide bonds. The third kappa shape index (κ3) is 37.6. The fourth-order valence-electron chi connectivity index (χ4n) is 6.44. The first-order chi connectivity index (χ1) is 23.1. The second kappa shape index (κ2) is 39.3. The molecular weight excluding hydrogens is 584 g/mol. The Bertz CT molecular complexity index is 637. The Morgan fingerprint density at radius 1 is 0.404 bits per heavy atom. The summed E-state index contributed by atoms with van der Waals surface area (Å²) in [6.45, 7) is 4.17. The number of hydrogen-bond donors (Lipinski definition) is 1. The Balaban J connectivity index is 3.47. The monoisotopic (exact) mass is 667 g/mol. The molecule has 5 heteroatoms. The van der Waals surface area contributed by atoms with E-state index in [2.05, 4.69) is 13.8 Å². The standard InChI is InChI=1S/C42H82O5/c1-3-5-7-9-11-13-15-17-19-21-23-25-27-29-31-33-35-37-42(45)47-40(38-43)39-46-41(44)36-34-32-30-28-26-24-22-20-18-16-14-12-10-8-6-4-2/h40,43H,3-39H2,1-2H3/t40-/m1/s1. The Hall–Kier alpha value is -1.10. The van der Waals surface area contributed by atoms with Gasteiger partial charge in [0.25, 0.3) is 0 Å². The van der Waals surface area contributed by atoms with Gasteiger partial charge in [0, 0.05) is 12.8 Å². The number of rotatable bonds is 39. The number of hydrogen-bond acceptors (Lipinski definition) is 5. The fraction of sp³-hybridized carbons (Fsp3) is 0.952. The summed E-state index contributed by atoms with van der Waals surface area (Å²) < 4.78 is 10.6. The van der Waals surface area contributed by atoms with E-state index >= 15 is 0 Å². The highest BCUT2D eigenvalue weighted by Gasteiger charge is 2.16. The van der Waals surface area contributed by atoms with Crippen LogP contribution in [-0.2, 0) is 19.1 Å². The van der Waals surface area contributed by atoms with Crippen LogP contribution in [0.3, 0.4) is 0 Å². The molecular formula is C42H82O5. The van der Waals surface area contributed by atoms with Crippen molar-refractivity contribution >= 4 is 11.9 Å². The van der Waals surface area contributed by atoms with Gasteiger partial charge in [-0.3, -0.25) is 9.59 Å². The minimum atomic E-state index is -0.761. The second-order valence-corrected chi connectivity index (χ2v) is 14.4. The van der Waals surface area contributed by atoms with Crippen molar-refractivity contribution in [3.8, 4) is 0 Å². The zero-order valence-corrected chi connectivity index (χ0v) is 31.8. The van der Waals surface area contributed by atoms with Crippen LogP contribution in [0.1, 0.15) is 239 Å². The number of aliphatic hydroxyl groups excluding tert-OH is 1. The molecule has 0 aromatic carbocycles. The predicted molar refractivity (Wildman–Crippen MR) is 201 cm³/mol. The number of unbranched alkanes of at least 4 members (excludes halogenated alkanes) is 31. The highest BCUT2D eigenvalue weighted by Crippen LogP contribution is 2.16. The van der Waals surface area contributed by atoms with Crippen LogP contribution in [0.15, 0.2) is 0 Å². The van der Waals surface area contributed by atoms with Crippen molar-refractivity contribution in [2.24, 2.45) is 0 Å². The summed E-state index contributed by atoms with van der Waals surface area (Å²) >= 11 is 0. The van der Waals surface area contributed by atoms with Crippen LogP contribution in [0.5, 0.6) is 0 Å². The van der Waals surface area contributed by atoms with Crippen LogP contribution in [0.2, 0.25) is 0 Å². The summed E-state index contributed by atoms with van der Waals surface area (Å²) in [4.78, 5) is 24.3. The molecule has 0 unspecified atom stereocenters. The normalized spacial score (nSPS) is 12.0. The summed E-state index contributed by atoms with van der Waals surface area (Å²) in [5.74, 6) is -0.572. The number of carbonyl (C=O) groups is 2. The lowest BCUT2D eigenvalue weighted by Gasteiger charge is -2.15. The van der Waals surface area contributed by atoms with Crippen molar-refractivity contribution in [1.82, 2.24) is 0 Å². The van der Waals surface area contributed by atoms with Gasteiger partial charge in [0.1, 0.15) is 6.61 Å². The van der Waals surface area contributed by atoms with Gasteiger partial charge < -0.3 is 14.6 Å². The zero-order valence-electron chi connectivity index (χ0n) is 31.8. The van der Waals surface area contributed by atoms with Crippen molar-refractivity contribution in [1.29, 1.82) is 0 Å². The van der Waals surface area contributed by atoms with E-state index in [0.717, 1.165) is 32.1 Å². The third-order valence-corrected chi connectivity index (χ3v) is 9.65. The van der Waals surface area contributed by atoms with Crippen LogP contribution in [-0.4, -0.2) is 36.4 Å². The molecule has 0 aromatic rings. The molecule has 0 aliphatic rings. The van der Waals surface area contributed by atoms with Crippen LogP contribution < -0.4 is 0 Å². The van der Waals surface area contributed by atoms with Crippen molar-refractivity contribution in [2.45, 2.75) is 245 Å². The molecule has 47 heavy (non-hydrogen) atoms. The van der Waals surface area contributed by atoms with Gasteiger partial charge in [0.2, 0.25) is 0 Å². The van der Waals surface area contributed by atoms with Crippen LogP contribution in [0.4, 0.5) is 0 Å². The maximum absolute atomic E-state index is 12.2. The van der Waals surface area contributed by atoms with E-state index < -0.39 is 6.10 Å². The molecule has 0 aliphatic carbocycles. The summed E-state index contributed by atoms with van der Waals surface area (Å²) in [5, 5.41) is 9.56. The van der Waals surface area contributed by atoms with Crippen LogP contribution in [0.25, 0.3) is 0 Å². The Kier molecular flexibility index (Phi) is 38.4. The molecule has 0 radical (unpaired) electrons. The first-order valence-corrected chi connectivity index (χ1v) is 21.1. The lowest BCUT2D eigenvalue weighted by Crippen LogP contribution is -2.28. The SMILES string of the molecule is CCCCCCCCCCCCCCCCCCCC(=O)O[C@H](CO)COC(=O)CCCCCCCCCCCCCCCCCC. The molecule has 5 nitrogen and oxygen atoms in total. The van der Waals surface area contributed by atoms with E-state index in [1.54, 1.807) is 0 Å². The van der Waals surface area contributed by atoms with Gasteiger partial charge >= 0.3 is 11.9 Å². The third-order valence-electron chi connectivity index (χ3n) is 9.65. The molecule has 280 valence electrons. The number of carbonyl (C=O) groups excluding carboxylic acids is 2. The van der Waals surface area contributed by atoms with E-state index in [1.807, 2.05) is 0 Å². The zero-order chi connectivity index (χ0) is 34.3. The smallest absolute Gasteiger partial charge is 0.306 e. The number of esters is 2. The van der Waals surface area contributed by atoms with Crippen LogP contribution in [0, 0.1) is 0 Å². The molecule has 0 saturated heterocycles. The van der Waals surface area contributed by atoms with Crippen molar-refractivity contribution < 1.29 is 24.2 Å². The lowest BCUT2D eigenvalue weighted by molar-refractivity contribution is -0.161. The summed E-state index contributed by atoms with van der Waals surface area (Å²) in [6.07, 6.45) is 43.1. The molecule has 0 saturated carbocycles. The van der Waals surface area contributed by atoms with Gasteiger partial charge in [-0.1, -0.05) is 213 Å². The van der Waals surface area contributed by atoms with Crippen LogP contribution >= 0.6 is 0 Å². The van der Waals surface area contributed by atoms with E-state index in [-0.39, 0.29) is 25.2 Å². The van der Waals surface area contributed by atoms with Crippen molar-refractivity contribution in [3.05, 3.63) is 0 Å². The fourth-order valence-corrected chi connectivity index (χ4v) is 6.44. The molecule has 1 N–H and O–H groups in total. The minimum absolute atomic E-state index is 0.0566. The molecule has 0 rings (SSSR count). The van der Waals surface area contributed by atoms with E-state index in [0.29, 0.717) is 12.8 Å². The summed E-state index contributed by atoms with van der Waals surface area (Å²) in [6, 6.07) is 0. The van der Waals surface area contributed by atoms with Crippen molar-refractivity contribution in [2.75, 3.05) is 13.2 Å². The highest BCUT2D eigenvalue weighted by molar-refractivity contribution is 5.70. The molecule has 1 atom stereocenters. The van der Waals surface area contributed by atoms with Gasteiger partial charge in [-0.05, 0) is 12.8 Å². The first-order valence-electron chi connectivity index (χ1n) is 21.1. The Labute approximate surface area is 293 Å². The predicted octanol–water partition coefficient (Wildman–Crippen LogP) is 13.1. The topological polar surface area (TPSA) is 72.8 Å². The molecule has 0 heterocycles. The molecule has 0 fully saturated rings. The molecule has 0 spiro atoms. The van der Waals surface area contributed by atoms with Gasteiger partial charge in [-0.2, -0.15) is 0 Å². The van der Waals surface area contributed by atoms with Gasteiger partial charge in [0.15, 0.2) is 6.10 Å². The largest absolute Gasteiger partial charge is 0.462 e. The number of aliphatic hydroxyl groups is 1. The summed E-state index contributed by atoms with van der Waals surface area (Å²) in [5.41, 5.74) is 0. The second-order valence-electron chi connectivity index (χ2n) is 14.4. The van der Waals surface area contributed by atoms with Gasteiger partial charge in [-0.25, -0.2) is 0 Å². The van der Waals surface area contributed by atoms with Gasteiger partial charge in [-0.15, -0.1) is 0 Å². The first kappa shape index (κ1) is 45.9. The maximum atomic E-state index is 12.2. The summed E-state index contributed by atoms with van der Waals surface area (Å²) in [7, 11) is 0. The highest BCUT2D eigenvalue weighted by atomic mass is 16.6. The molecule has 0 aromatic heterocycles. The van der Waals surface area contributed by atoms with Crippen molar-refractivity contribution in [3.63, 3.8) is 0 Å². The molecule has 0 bridgehead atoms. The Morgan fingerprint density at radius 2 is 0.660 bits per heavy atom. The quantitative estimate of drug-likeness (QED) is 0.0522. The lowest BCUT2D eigenvalue weighted by atomic mass is 10.0. The minimum Gasteiger partial charge on any atom is -0.462 e. The van der Waals surface area contributed by atoms with E-state index in [1.165, 1.54) is 180 Å². The maximum Gasteiger partial charge on any atom is 0.306 e. The van der Waals surface area contributed by atoms with Gasteiger partial charge in [0.05, 0.1) is 6.61 Å². The average Bonchev–Trinajstić information content (AvgIpc) is 3.07. The molecule has 0 aliphatic heterocycles. The Morgan fingerprint density at radius 3 is 0.936 bits per heavy atom.